The zero-order valence-corrected chi connectivity index (χ0v) is 27.4. The fourth-order valence-electron chi connectivity index (χ4n) is 8.23. The largest absolute Gasteiger partial charge is 0.504 e. The van der Waals surface area contributed by atoms with Crippen LogP contribution >= 0.6 is 11.6 Å². The molecule has 1 N–H and O–H groups in total. The van der Waals surface area contributed by atoms with Gasteiger partial charge in [0, 0.05) is 5.92 Å². The minimum absolute atomic E-state index is 0.0242. The standard InChI is InChI=1S/C38H34ClFN2O6/c1-4-20-5-9-22(10-6-20)41-34(44)25-13-12-24-26(33(25)36(41)46)19-28-35(45)42(23-11-15-30(40)29(39)18-23)37(47)38(28,2)27(24)14-7-21-8-16-31(43)32(17-21)48-3/h5-12,14-18,25-28,33,43H,4,13,19H2,1-3H3. The van der Waals surface area contributed by atoms with Gasteiger partial charge in [-0.25, -0.2) is 9.29 Å². The number of benzene rings is 3. The number of phenols is 1. The van der Waals surface area contributed by atoms with Crippen LogP contribution in [0.15, 0.2) is 78.4 Å². The van der Waals surface area contributed by atoms with E-state index < -0.39 is 52.6 Å². The molecule has 246 valence electrons. The SMILES string of the molecule is CCc1ccc(N2C(=O)C3CC=C4C(CC5C(=O)N(c6ccc(F)c(Cl)c6)C(=O)C5(C)C4C=Cc4ccc(O)c(OC)c4)C3C2=O)cc1. The van der Waals surface area contributed by atoms with Crippen LogP contribution in [-0.4, -0.2) is 35.8 Å². The molecule has 2 aliphatic heterocycles. The normalized spacial score (nSPS) is 28.1. The lowest BCUT2D eigenvalue weighted by Gasteiger charge is -2.47. The third kappa shape index (κ3) is 4.70. The summed E-state index contributed by atoms with van der Waals surface area (Å²) in [6, 6.07) is 16.0. The molecule has 6 atom stereocenters. The number of phenolic OH excluding ortho intramolecular Hbond substituents is 1. The first kappa shape index (κ1) is 31.8. The summed E-state index contributed by atoms with van der Waals surface area (Å²) >= 11 is 6.08. The fourth-order valence-corrected chi connectivity index (χ4v) is 8.40. The van der Waals surface area contributed by atoms with Crippen LogP contribution in [0.2, 0.25) is 5.02 Å². The highest BCUT2D eigenvalue weighted by Crippen LogP contribution is 2.61. The minimum Gasteiger partial charge on any atom is -0.504 e. The Bertz CT molecular complexity index is 1940. The zero-order chi connectivity index (χ0) is 34.1. The minimum atomic E-state index is -1.26. The molecular weight excluding hydrogens is 635 g/mol. The van der Waals surface area contributed by atoms with Gasteiger partial charge in [0.25, 0.3) is 0 Å². The lowest BCUT2D eigenvalue weighted by molar-refractivity contribution is -0.132. The number of fused-ring (bicyclic) bond motifs is 4. The van der Waals surface area contributed by atoms with Gasteiger partial charge in [-0.15, -0.1) is 0 Å². The van der Waals surface area contributed by atoms with Crippen LogP contribution in [0.3, 0.4) is 0 Å². The first-order valence-electron chi connectivity index (χ1n) is 16.0. The highest BCUT2D eigenvalue weighted by atomic mass is 35.5. The Morgan fingerprint density at radius 1 is 0.958 bits per heavy atom. The number of anilines is 2. The van der Waals surface area contributed by atoms with E-state index in [1.807, 2.05) is 37.3 Å². The molecule has 0 bridgehead atoms. The molecule has 3 fully saturated rings. The van der Waals surface area contributed by atoms with Crippen LogP contribution in [0.5, 0.6) is 11.5 Å². The molecule has 48 heavy (non-hydrogen) atoms. The van der Waals surface area contributed by atoms with Crippen molar-refractivity contribution in [2.24, 2.45) is 35.0 Å². The Hall–Kier alpha value is -4.76. The molecule has 2 aliphatic carbocycles. The number of nitrogens with zero attached hydrogens (tertiary/aromatic N) is 2. The summed E-state index contributed by atoms with van der Waals surface area (Å²) in [4.78, 5) is 59.2. The number of aromatic hydroxyl groups is 1. The molecule has 0 spiro atoms. The molecule has 3 aromatic rings. The van der Waals surface area contributed by atoms with Crippen molar-refractivity contribution >= 4 is 52.7 Å². The van der Waals surface area contributed by atoms with Gasteiger partial charge < -0.3 is 9.84 Å². The Balaban J connectivity index is 1.32. The molecule has 7 rings (SSSR count). The number of rotatable bonds is 6. The van der Waals surface area contributed by atoms with Crippen LogP contribution in [-0.2, 0) is 25.6 Å². The fraction of sp³-hybridized carbons (Fsp3) is 0.316. The van der Waals surface area contributed by atoms with Crippen molar-refractivity contribution in [3.05, 3.63) is 100 Å². The number of allylic oxidation sites excluding steroid dienone is 3. The van der Waals surface area contributed by atoms with Crippen molar-refractivity contribution in [1.29, 1.82) is 0 Å². The first-order chi connectivity index (χ1) is 23.0. The number of carbonyl (C=O) groups excluding carboxylic acids is 4. The highest BCUT2D eigenvalue weighted by molar-refractivity contribution is 6.31. The summed E-state index contributed by atoms with van der Waals surface area (Å²) in [6.07, 6.45) is 6.99. The lowest BCUT2D eigenvalue weighted by atomic mass is 9.52. The summed E-state index contributed by atoms with van der Waals surface area (Å²) in [5.41, 5.74) is 2.04. The summed E-state index contributed by atoms with van der Waals surface area (Å²) in [5, 5.41) is 9.91. The van der Waals surface area contributed by atoms with E-state index in [1.54, 1.807) is 31.2 Å². The molecular formula is C38H34ClFN2O6. The smallest absolute Gasteiger partial charge is 0.241 e. The van der Waals surface area contributed by atoms with Gasteiger partial charge in [-0.2, -0.15) is 0 Å². The average molecular weight is 669 g/mol. The van der Waals surface area contributed by atoms with E-state index in [-0.39, 0.29) is 40.4 Å². The van der Waals surface area contributed by atoms with E-state index in [0.717, 1.165) is 28.5 Å². The number of methoxy groups -OCH3 is 1. The summed E-state index contributed by atoms with van der Waals surface area (Å²) in [6.45, 7) is 3.80. The molecule has 4 amide bonds. The molecule has 0 aromatic heterocycles. The van der Waals surface area contributed by atoms with E-state index in [4.69, 9.17) is 16.3 Å². The second-order valence-electron chi connectivity index (χ2n) is 13.1. The van der Waals surface area contributed by atoms with Gasteiger partial charge in [0.15, 0.2) is 11.5 Å². The summed E-state index contributed by atoms with van der Waals surface area (Å²) in [5.74, 6) is -5.13. The van der Waals surface area contributed by atoms with E-state index in [9.17, 15) is 28.7 Å². The Morgan fingerprint density at radius 2 is 1.69 bits per heavy atom. The molecule has 2 heterocycles. The van der Waals surface area contributed by atoms with Crippen molar-refractivity contribution in [2.45, 2.75) is 33.1 Å². The molecule has 0 radical (unpaired) electrons. The molecule has 6 unspecified atom stereocenters. The first-order valence-corrected chi connectivity index (χ1v) is 16.4. The number of halogens is 2. The van der Waals surface area contributed by atoms with E-state index in [1.165, 1.54) is 30.2 Å². The predicted molar refractivity (Wildman–Crippen MR) is 179 cm³/mol. The van der Waals surface area contributed by atoms with Crippen molar-refractivity contribution in [2.75, 3.05) is 16.9 Å². The Kier molecular flexibility index (Phi) is 7.78. The second-order valence-corrected chi connectivity index (χ2v) is 13.5. The molecule has 3 aromatic carbocycles. The number of ether oxygens (including phenoxy) is 1. The average Bonchev–Trinajstić information content (AvgIpc) is 3.45. The third-order valence-electron chi connectivity index (χ3n) is 10.8. The number of carbonyl (C=O) groups is 4. The lowest BCUT2D eigenvalue weighted by Crippen LogP contribution is -2.49. The van der Waals surface area contributed by atoms with Crippen molar-refractivity contribution in [3.63, 3.8) is 0 Å². The number of imide groups is 2. The van der Waals surface area contributed by atoms with Gasteiger partial charge in [0.2, 0.25) is 23.6 Å². The van der Waals surface area contributed by atoms with E-state index >= 15 is 0 Å². The second kappa shape index (κ2) is 11.7. The topological polar surface area (TPSA) is 104 Å². The number of hydrogen-bond donors (Lipinski definition) is 1. The van der Waals surface area contributed by atoms with Gasteiger partial charge in [0.1, 0.15) is 5.82 Å². The van der Waals surface area contributed by atoms with Crippen LogP contribution in [0.4, 0.5) is 15.8 Å². The van der Waals surface area contributed by atoms with Crippen LogP contribution in [0.25, 0.3) is 6.08 Å². The van der Waals surface area contributed by atoms with Gasteiger partial charge in [-0.1, -0.05) is 60.5 Å². The monoisotopic (exact) mass is 668 g/mol. The van der Waals surface area contributed by atoms with Gasteiger partial charge in [-0.05, 0) is 85.7 Å². The number of hydrogen-bond acceptors (Lipinski definition) is 6. The maximum atomic E-state index is 14.5. The third-order valence-corrected chi connectivity index (χ3v) is 11.1. The van der Waals surface area contributed by atoms with Gasteiger partial charge in [-0.3, -0.25) is 24.1 Å². The quantitative estimate of drug-likeness (QED) is 0.231. The van der Waals surface area contributed by atoms with Crippen LogP contribution in [0.1, 0.15) is 37.8 Å². The van der Waals surface area contributed by atoms with E-state index in [0.29, 0.717) is 17.7 Å². The summed E-state index contributed by atoms with van der Waals surface area (Å²) < 4.78 is 19.4. The van der Waals surface area contributed by atoms with Gasteiger partial charge in [0.05, 0.1) is 46.7 Å². The zero-order valence-electron chi connectivity index (χ0n) is 26.7. The maximum absolute atomic E-state index is 14.5. The summed E-state index contributed by atoms with van der Waals surface area (Å²) in [7, 11) is 1.45. The van der Waals surface area contributed by atoms with Crippen LogP contribution in [0, 0.1) is 40.8 Å². The molecule has 1 saturated carbocycles. The van der Waals surface area contributed by atoms with Crippen molar-refractivity contribution in [1.82, 2.24) is 0 Å². The number of amides is 4. The Labute approximate surface area is 282 Å². The molecule has 10 heteroatoms. The molecule has 8 nitrogen and oxygen atoms in total. The highest BCUT2D eigenvalue weighted by Gasteiger charge is 2.67. The van der Waals surface area contributed by atoms with Crippen molar-refractivity contribution < 1.29 is 33.4 Å². The molecule has 2 saturated heterocycles. The van der Waals surface area contributed by atoms with E-state index in [2.05, 4.69) is 0 Å². The molecule has 4 aliphatic rings. The number of aryl methyl sites for hydroxylation is 1. The van der Waals surface area contributed by atoms with Crippen molar-refractivity contribution in [3.8, 4) is 11.5 Å². The Morgan fingerprint density at radius 3 is 2.38 bits per heavy atom. The van der Waals surface area contributed by atoms with Crippen LogP contribution < -0.4 is 14.5 Å². The van der Waals surface area contributed by atoms with Gasteiger partial charge >= 0.3 is 0 Å². The maximum Gasteiger partial charge on any atom is 0.241 e. The predicted octanol–water partition coefficient (Wildman–Crippen LogP) is 6.74.